The van der Waals surface area contributed by atoms with E-state index in [9.17, 15) is 4.39 Å². The number of rotatable bonds is 6. The van der Waals surface area contributed by atoms with Crippen LogP contribution >= 0.6 is 23.1 Å². The second kappa shape index (κ2) is 7.00. The Morgan fingerprint density at radius 2 is 2.16 bits per heavy atom. The highest BCUT2D eigenvalue weighted by molar-refractivity contribution is 7.98. The molecule has 1 aromatic carbocycles. The van der Waals surface area contributed by atoms with Gasteiger partial charge in [-0.15, -0.1) is 23.1 Å². The lowest BCUT2D eigenvalue weighted by Crippen LogP contribution is -2.03. The first-order valence-electron chi connectivity index (χ1n) is 5.61. The van der Waals surface area contributed by atoms with Crippen molar-refractivity contribution in [2.75, 3.05) is 14.2 Å². The van der Waals surface area contributed by atoms with E-state index in [4.69, 9.17) is 9.47 Å². The van der Waals surface area contributed by atoms with E-state index in [0.29, 0.717) is 5.75 Å². The molecule has 0 aliphatic rings. The molecule has 2 aromatic rings. The van der Waals surface area contributed by atoms with Gasteiger partial charge in [-0.25, -0.2) is 9.37 Å². The number of benzene rings is 1. The molecule has 2 rings (SSSR count). The molecule has 6 heteroatoms. The Balaban J connectivity index is 1.97. The van der Waals surface area contributed by atoms with Crippen LogP contribution in [0.25, 0.3) is 0 Å². The van der Waals surface area contributed by atoms with Crippen LogP contribution in [0.2, 0.25) is 0 Å². The van der Waals surface area contributed by atoms with Crippen molar-refractivity contribution in [2.45, 2.75) is 16.9 Å². The van der Waals surface area contributed by atoms with Gasteiger partial charge in [-0.3, -0.25) is 0 Å². The molecule has 0 aliphatic heterocycles. The van der Waals surface area contributed by atoms with E-state index in [-0.39, 0.29) is 5.82 Å². The molecule has 0 bridgehead atoms. The summed E-state index contributed by atoms with van der Waals surface area (Å²) >= 11 is 3.10. The van der Waals surface area contributed by atoms with E-state index in [0.717, 1.165) is 15.6 Å². The Labute approximate surface area is 119 Å². The largest absolute Gasteiger partial charge is 0.350 e. The fourth-order valence-electron chi connectivity index (χ4n) is 1.54. The van der Waals surface area contributed by atoms with Crippen LogP contribution in [0.3, 0.4) is 0 Å². The van der Waals surface area contributed by atoms with Gasteiger partial charge in [0.2, 0.25) is 6.29 Å². The second-order valence-electron chi connectivity index (χ2n) is 3.72. The average Bonchev–Trinajstić information content (AvgIpc) is 2.87. The molecule has 0 N–H and O–H groups in total. The minimum atomic E-state index is -0.427. The topological polar surface area (TPSA) is 31.4 Å². The van der Waals surface area contributed by atoms with Gasteiger partial charge in [0.15, 0.2) is 0 Å². The third-order valence-corrected chi connectivity index (χ3v) is 4.45. The molecule has 3 nitrogen and oxygen atoms in total. The molecule has 0 atom stereocenters. The Morgan fingerprint density at radius 1 is 1.37 bits per heavy atom. The van der Waals surface area contributed by atoms with Crippen LogP contribution in [0, 0.1) is 5.82 Å². The first-order chi connectivity index (χ1) is 9.22. The molecule has 0 saturated heterocycles. The van der Waals surface area contributed by atoms with E-state index >= 15 is 0 Å². The molecule has 0 unspecified atom stereocenters. The molecule has 0 saturated carbocycles. The zero-order valence-electron chi connectivity index (χ0n) is 10.6. The van der Waals surface area contributed by atoms with Crippen molar-refractivity contribution in [1.82, 2.24) is 4.98 Å². The van der Waals surface area contributed by atoms with Crippen LogP contribution in [0.4, 0.5) is 4.39 Å². The van der Waals surface area contributed by atoms with Crippen molar-refractivity contribution in [3.8, 4) is 0 Å². The van der Waals surface area contributed by atoms with Crippen LogP contribution in [-0.2, 0) is 15.2 Å². The predicted molar refractivity (Wildman–Crippen MR) is 74.8 cm³/mol. The molecular formula is C13H14FNO2S2. The smallest absolute Gasteiger partial charge is 0.201 e. The normalized spacial score (nSPS) is 11.2. The third-order valence-electron chi connectivity index (χ3n) is 2.40. The fraction of sp³-hybridized carbons (Fsp3) is 0.308. The number of nitrogens with zero attached hydrogens (tertiary/aromatic N) is 1. The first kappa shape index (κ1) is 14.5. The SMILES string of the molecule is COC(OC)c1csc(CSc2cccc(F)c2)n1. The van der Waals surface area contributed by atoms with Gasteiger partial charge in [-0.05, 0) is 18.2 Å². The lowest BCUT2D eigenvalue weighted by molar-refractivity contribution is -0.108. The van der Waals surface area contributed by atoms with Crippen molar-refractivity contribution in [2.24, 2.45) is 0 Å². The van der Waals surface area contributed by atoms with E-state index in [1.807, 2.05) is 11.4 Å². The summed E-state index contributed by atoms with van der Waals surface area (Å²) in [5.74, 6) is 0.484. The summed E-state index contributed by atoms with van der Waals surface area (Å²) in [4.78, 5) is 5.34. The number of thioether (sulfide) groups is 1. The van der Waals surface area contributed by atoms with Crippen LogP contribution in [0.1, 0.15) is 17.0 Å². The highest BCUT2D eigenvalue weighted by atomic mass is 32.2. The predicted octanol–water partition coefficient (Wildman–Crippen LogP) is 3.87. The minimum absolute atomic E-state index is 0.219. The molecule has 19 heavy (non-hydrogen) atoms. The summed E-state index contributed by atoms with van der Waals surface area (Å²) in [6, 6.07) is 6.55. The Morgan fingerprint density at radius 3 is 2.84 bits per heavy atom. The number of ether oxygens (including phenoxy) is 2. The summed E-state index contributed by atoms with van der Waals surface area (Å²) in [6.45, 7) is 0. The maximum absolute atomic E-state index is 13.0. The molecule has 0 radical (unpaired) electrons. The van der Waals surface area contributed by atoms with Crippen molar-refractivity contribution >= 4 is 23.1 Å². The lowest BCUT2D eigenvalue weighted by Gasteiger charge is -2.09. The second-order valence-corrected chi connectivity index (χ2v) is 5.71. The number of methoxy groups -OCH3 is 2. The monoisotopic (exact) mass is 299 g/mol. The number of hydrogen-bond acceptors (Lipinski definition) is 5. The summed E-state index contributed by atoms with van der Waals surface area (Å²) in [5, 5.41) is 2.88. The van der Waals surface area contributed by atoms with Gasteiger partial charge in [0.25, 0.3) is 0 Å². The maximum atomic E-state index is 13.0. The van der Waals surface area contributed by atoms with Gasteiger partial charge in [0.1, 0.15) is 16.5 Å². The van der Waals surface area contributed by atoms with Gasteiger partial charge in [0, 0.05) is 24.5 Å². The van der Waals surface area contributed by atoms with Crippen molar-refractivity contribution < 1.29 is 13.9 Å². The average molecular weight is 299 g/mol. The maximum Gasteiger partial charge on any atom is 0.201 e. The molecule has 0 aliphatic carbocycles. The summed E-state index contributed by atoms with van der Waals surface area (Å²) in [6.07, 6.45) is -0.427. The van der Waals surface area contributed by atoms with Crippen LogP contribution in [0.5, 0.6) is 0 Å². The molecule has 102 valence electrons. The van der Waals surface area contributed by atoms with E-state index < -0.39 is 6.29 Å². The highest BCUT2D eigenvalue weighted by Crippen LogP contribution is 2.27. The lowest BCUT2D eigenvalue weighted by atomic mass is 10.4. The van der Waals surface area contributed by atoms with E-state index in [2.05, 4.69) is 4.98 Å². The highest BCUT2D eigenvalue weighted by Gasteiger charge is 2.13. The van der Waals surface area contributed by atoms with Crippen molar-refractivity contribution in [3.63, 3.8) is 0 Å². The zero-order valence-corrected chi connectivity index (χ0v) is 12.3. The standard InChI is InChI=1S/C13H14FNO2S2/c1-16-13(17-2)11-7-19-12(15-11)8-18-10-5-3-4-9(14)6-10/h3-7,13H,8H2,1-2H3. The number of halogens is 1. The van der Waals surface area contributed by atoms with Crippen molar-refractivity contribution in [1.29, 1.82) is 0 Å². The summed E-state index contributed by atoms with van der Waals surface area (Å²) in [5.41, 5.74) is 0.768. The van der Waals surface area contributed by atoms with Gasteiger partial charge < -0.3 is 9.47 Å². The van der Waals surface area contributed by atoms with E-state index in [1.165, 1.54) is 12.1 Å². The Kier molecular flexibility index (Phi) is 5.33. The Bertz CT molecular complexity index is 529. The van der Waals surface area contributed by atoms with Crippen LogP contribution in [0.15, 0.2) is 34.5 Å². The van der Waals surface area contributed by atoms with Gasteiger partial charge in [-0.1, -0.05) is 6.07 Å². The first-order valence-corrected chi connectivity index (χ1v) is 7.47. The summed E-state index contributed by atoms with van der Waals surface area (Å²) < 4.78 is 23.3. The molecule has 0 amide bonds. The molecular weight excluding hydrogens is 285 g/mol. The quantitative estimate of drug-likeness (QED) is 0.598. The molecule has 1 aromatic heterocycles. The van der Waals surface area contributed by atoms with Crippen LogP contribution < -0.4 is 0 Å². The van der Waals surface area contributed by atoms with Gasteiger partial charge >= 0.3 is 0 Å². The molecule has 0 spiro atoms. The fourth-order valence-corrected chi connectivity index (χ4v) is 3.29. The number of aromatic nitrogens is 1. The number of thiazole rings is 1. The molecule has 1 heterocycles. The minimum Gasteiger partial charge on any atom is -0.350 e. The summed E-state index contributed by atoms with van der Waals surface area (Å²) in [7, 11) is 3.16. The number of hydrogen-bond donors (Lipinski definition) is 0. The van der Waals surface area contributed by atoms with Gasteiger partial charge in [-0.2, -0.15) is 0 Å². The van der Waals surface area contributed by atoms with E-state index in [1.54, 1.807) is 43.4 Å². The van der Waals surface area contributed by atoms with Crippen molar-refractivity contribution in [3.05, 3.63) is 46.2 Å². The van der Waals surface area contributed by atoms with Crippen LogP contribution in [-0.4, -0.2) is 19.2 Å². The zero-order chi connectivity index (χ0) is 13.7. The molecule has 0 fully saturated rings. The van der Waals surface area contributed by atoms with Gasteiger partial charge in [0.05, 0.1) is 5.75 Å². The third kappa shape index (κ3) is 4.01. The Hall–Kier alpha value is -0.950.